The molecule has 31 heavy (non-hydrogen) atoms. The normalized spacial score (nSPS) is 15.9. The molecular weight excluding hydrogens is 392 g/mol. The van der Waals surface area contributed by atoms with E-state index < -0.39 is 0 Å². The van der Waals surface area contributed by atoms with E-state index in [0.717, 1.165) is 22.5 Å². The van der Waals surface area contributed by atoms with Crippen LogP contribution in [0, 0.1) is 12.8 Å². The third kappa shape index (κ3) is 4.30. The third-order valence-electron chi connectivity index (χ3n) is 5.55. The Morgan fingerprint density at radius 3 is 2.74 bits per heavy atom. The molecule has 1 aromatic heterocycles. The fourth-order valence-electron chi connectivity index (χ4n) is 3.94. The van der Waals surface area contributed by atoms with Gasteiger partial charge in [-0.2, -0.15) is 5.10 Å². The van der Waals surface area contributed by atoms with E-state index in [-0.39, 0.29) is 24.2 Å². The minimum atomic E-state index is -0.383. The van der Waals surface area contributed by atoms with Crippen molar-refractivity contribution in [3.8, 4) is 11.4 Å². The lowest BCUT2D eigenvalue weighted by atomic mass is 10.1. The van der Waals surface area contributed by atoms with Gasteiger partial charge in [-0.15, -0.1) is 0 Å². The van der Waals surface area contributed by atoms with Crippen molar-refractivity contribution >= 4 is 17.5 Å². The standard InChI is InChI=1S/C24H26N4O3/c1-17-9-10-22(31-3)21(11-17)27-16-19(12-23(27)29)24(30)26(2)14-18-13-25-28(15-18)20-7-5-4-6-8-20/h4-11,13,15,19H,12,14,16H2,1-3H3. The Hall–Kier alpha value is -3.61. The molecule has 1 aliphatic rings. The summed E-state index contributed by atoms with van der Waals surface area (Å²) in [7, 11) is 3.35. The van der Waals surface area contributed by atoms with Crippen LogP contribution in [0.2, 0.25) is 0 Å². The lowest BCUT2D eigenvalue weighted by Gasteiger charge is -2.22. The van der Waals surface area contributed by atoms with E-state index in [1.54, 1.807) is 34.8 Å². The van der Waals surface area contributed by atoms with E-state index in [1.807, 2.05) is 61.7 Å². The van der Waals surface area contributed by atoms with Gasteiger partial charge >= 0.3 is 0 Å². The number of nitrogens with zero attached hydrogens (tertiary/aromatic N) is 4. The molecule has 0 aliphatic carbocycles. The Labute approximate surface area is 181 Å². The van der Waals surface area contributed by atoms with Crippen molar-refractivity contribution in [3.63, 3.8) is 0 Å². The number of carbonyl (C=O) groups excluding carboxylic acids is 2. The molecule has 7 nitrogen and oxygen atoms in total. The van der Waals surface area contributed by atoms with Gasteiger partial charge in [-0.1, -0.05) is 24.3 Å². The molecule has 0 radical (unpaired) electrons. The molecule has 0 bridgehead atoms. The Morgan fingerprint density at radius 1 is 1.23 bits per heavy atom. The van der Waals surface area contributed by atoms with Gasteiger partial charge in [0.05, 0.1) is 30.6 Å². The number of benzene rings is 2. The highest BCUT2D eigenvalue weighted by Gasteiger charge is 2.37. The van der Waals surface area contributed by atoms with Crippen molar-refractivity contribution in [2.75, 3.05) is 25.6 Å². The number of methoxy groups -OCH3 is 1. The molecule has 1 aliphatic heterocycles. The SMILES string of the molecule is COc1ccc(C)cc1N1CC(C(=O)N(C)Cc2cnn(-c3ccccc3)c2)CC1=O. The maximum Gasteiger partial charge on any atom is 0.228 e. The van der Waals surface area contributed by atoms with E-state index in [0.29, 0.717) is 18.8 Å². The van der Waals surface area contributed by atoms with Gasteiger partial charge in [-0.05, 0) is 36.8 Å². The van der Waals surface area contributed by atoms with Crippen LogP contribution in [-0.4, -0.2) is 47.2 Å². The maximum atomic E-state index is 13.1. The van der Waals surface area contributed by atoms with E-state index in [1.165, 1.54) is 0 Å². The summed E-state index contributed by atoms with van der Waals surface area (Å²) in [5, 5.41) is 4.39. The number of hydrogen-bond donors (Lipinski definition) is 0. The summed E-state index contributed by atoms with van der Waals surface area (Å²) in [6.45, 7) is 2.75. The van der Waals surface area contributed by atoms with Crippen molar-refractivity contribution in [3.05, 3.63) is 72.1 Å². The van der Waals surface area contributed by atoms with Crippen molar-refractivity contribution in [1.29, 1.82) is 0 Å². The number of anilines is 1. The average Bonchev–Trinajstić information content (AvgIpc) is 3.40. The fraction of sp³-hybridized carbons (Fsp3) is 0.292. The minimum absolute atomic E-state index is 0.0464. The number of rotatable bonds is 6. The lowest BCUT2D eigenvalue weighted by molar-refractivity contribution is -0.135. The van der Waals surface area contributed by atoms with E-state index >= 15 is 0 Å². The Kier molecular flexibility index (Phi) is 5.75. The van der Waals surface area contributed by atoms with Crippen LogP contribution in [-0.2, 0) is 16.1 Å². The van der Waals surface area contributed by atoms with Crippen LogP contribution in [0.3, 0.4) is 0 Å². The predicted molar refractivity (Wildman–Crippen MR) is 118 cm³/mol. The number of para-hydroxylation sites is 1. The van der Waals surface area contributed by atoms with Crippen molar-refractivity contribution in [2.24, 2.45) is 5.92 Å². The molecule has 2 aromatic carbocycles. The van der Waals surface area contributed by atoms with Crippen LogP contribution in [0.1, 0.15) is 17.5 Å². The van der Waals surface area contributed by atoms with Gasteiger partial charge in [-0.3, -0.25) is 9.59 Å². The van der Waals surface area contributed by atoms with Gasteiger partial charge in [0.1, 0.15) is 5.75 Å². The summed E-state index contributed by atoms with van der Waals surface area (Å²) >= 11 is 0. The molecule has 1 saturated heterocycles. The maximum absolute atomic E-state index is 13.1. The van der Waals surface area contributed by atoms with Crippen LogP contribution in [0.25, 0.3) is 5.69 Å². The lowest BCUT2D eigenvalue weighted by Crippen LogP contribution is -2.34. The smallest absolute Gasteiger partial charge is 0.228 e. The van der Waals surface area contributed by atoms with Crippen molar-refractivity contribution < 1.29 is 14.3 Å². The number of amides is 2. The predicted octanol–water partition coefficient (Wildman–Crippen LogP) is 3.20. The van der Waals surface area contributed by atoms with Crippen LogP contribution in [0.4, 0.5) is 5.69 Å². The Balaban J connectivity index is 1.44. The highest BCUT2D eigenvalue weighted by Crippen LogP contribution is 2.34. The second-order valence-electron chi connectivity index (χ2n) is 7.90. The molecule has 0 saturated carbocycles. The van der Waals surface area contributed by atoms with Gasteiger partial charge < -0.3 is 14.5 Å². The van der Waals surface area contributed by atoms with Gasteiger partial charge in [0.2, 0.25) is 11.8 Å². The fourth-order valence-corrected chi connectivity index (χ4v) is 3.94. The first-order valence-electron chi connectivity index (χ1n) is 10.2. The van der Waals surface area contributed by atoms with E-state index in [9.17, 15) is 9.59 Å². The molecular formula is C24H26N4O3. The highest BCUT2D eigenvalue weighted by molar-refractivity contribution is 6.01. The van der Waals surface area contributed by atoms with Crippen molar-refractivity contribution in [1.82, 2.24) is 14.7 Å². The monoisotopic (exact) mass is 418 g/mol. The van der Waals surface area contributed by atoms with Gasteiger partial charge in [0, 0.05) is 38.3 Å². The summed E-state index contributed by atoms with van der Waals surface area (Å²) < 4.78 is 7.21. The molecule has 0 spiro atoms. The van der Waals surface area contributed by atoms with Crippen LogP contribution in [0.15, 0.2) is 60.9 Å². The van der Waals surface area contributed by atoms with Gasteiger partial charge in [0.25, 0.3) is 0 Å². The first-order valence-corrected chi connectivity index (χ1v) is 10.2. The number of carbonyl (C=O) groups is 2. The topological polar surface area (TPSA) is 67.7 Å². The Morgan fingerprint density at radius 2 is 2.00 bits per heavy atom. The zero-order valence-electron chi connectivity index (χ0n) is 18.0. The summed E-state index contributed by atoms with van der Waals surface area (Å²) in [6, 6.07) is 15.5. The summed E-state index contributed by atoms with van der Waals surface area (Å²) in [5.74, 6) is 0.142. The zero-order valence-corrected chi connectivity index (χ0v) is 18.0. The minimum Gasteiger partial charge on any atom is -0.495 e. The molecule has 7 heteroatoms. The number of hydrogen-bond acceptors (Lipinski definition) is 4. The zero-order chi connectivity index (χ0) is 22.0. The molecule has 1 fully saturated rings. The molecule has 160 valence electrons. The molecule has 4 rings (SSSR count). The first-order chi connectivity index (χ1) is 15.0. The number of aryl methyl sites for hydroxylation is 1. The molecule has 1 atom stereocenters. The number of aromatic nitrogens is 2. The molecule has 2 amide bonds. The van der Waals surface area contributed by atoms with Crippen LogP contribution >= 0.6 is 0 Å². The Bertz CT molecular complexity index is 1090. The average molecular weight is 418 g/mol. The second-order valence-corrected chi connectivity index (χ2v) is 7.90. The summed E-state index contributed by atoms with van der Waals surface area (Å²) in [5.41, 5.74) is 3.65. The number of ether oxygens (including phenoxy) is 1. The van der Waals surface area contributed by atoms with E-state index in [2.05, 4.69) is 5.10 Å². The quantitative estimate of drug-likeness (QED) is 0.617. The van der Waals surface area contributed by atoms with Crippen LogP contribution < -0.4 is 9.64 Å². The van der Waals surface area contributed by atoms with E-state index in [4.69, 9.17) is 4.74 Å². The molecule has 2 heterocycles. The third-order valence-corrected chi connectivity index (χ3v) is 5.55. The molecule has 3 aromatic rings. The highest BCUT2D eigenvalue weighted by atomic mass is 16.5. The van der Waals surface area contributed by atoms with Crippen molar-refractivity contribution in [2.45, 2.75) is 19.9 Å². The largest absolute Gasteiger partial charge is 0.495 e. The van der Waals surface area contributed by atoms with Gasteiger partial charge in [0.15, 0.2) is 0 Å². The molecule has 0 N–H and O–H groups in total. The second kappa shape index (κ2) is 8.63. The van der Waals surface area contributed by atoms with Gasteiger partial charge in [-0.25, -0.2) is 4.68 Å². The summed E-state index contributed by atoms with van der Waals surface area (Å²) in [6.07, 6.45) is 3.88. The molecule has 1 unspecified atom stereocenters. The first kappa shape index (κ1) is 20.7. The van der Waals surface area contributed by atoms with Crippen LogP contribution in [0.5, 0.6) is 5.75 Å². The summed E-state index contributed by atoms with van der Waals surface area (Å²) in [4.78, 5) is 29.1.